The largest absolute Gasteiger partial charge is 0.478 e. The van der Waals surface area contributed by atoms with Gasteiger partial charge in [-0.15, -0.1) is 0 Å². The third-order valence-electron chi connectivity index (χ3n) is 3.03. The van der Waals surface area contributed by atoms with Crippen LogP contribution in [0.2, 0.25) is 5.02 Å². The van der Waals surface area contributed by atoms with Crippen LogP contribution in [0.4, 0.5) is 0 Å². The normalized spacial score (nSPS) is 10.9. The van der Waals surface area contributed by atoms with Gasteiger partial charge in [0.05, 0.1) is 11.1 Å². The molecule has 2 aromatic carbocycles. The molecule has 20 heavy (non-hydrogen) atoms. The van der Waals surface area contributed by atoms with Crippen LogP contribution in [0, 0.1) is 6.92 Å². The summed E-state index contributed by atoms with van der Waals surface area (Å²) in [5, 5.41) is 9.78. The highest BCUT2D eigenvalue weighted by Crippen LogP contribution is 2.30. The molecule has 0 atom stereocenters. The van der Waals surface area contributed by atoms with Gasteiger partial charge in [-0.3, -0.25) is 0 Å². The maximum absolute atomic E-state index is 11.2. The van der Waals surface area contributed by atoms with Gasteiger partial charge < -0.3 is 9.52 Å². The Morgan fingerprint density at radius 2 is 2.05 bits per heavy atom. The number of oxazole rings is 1. The first-order chi connectivity index (χ1) is 9.56. The highest BCUT2D eigenvalue weighted by Gasteiger charge is 2.17. The predicted octanol–water partition coefficient (Wildman–Crippen LogP) is 4.15. The Hall–Kier alpha value is -2.33. The first kappa shape index (κ1) is 12.7. The van der Waals surface area contributed by atoms with E-state index in [2.05, 4.69) is 4.98 Å². The molecule has 0 aliphatic carbocycles. The second kappa shape index (κ2) is 4.65. The van der Waals surface area contributed by atoms with Gasteiger partial charge in [-0.05, 0) is 36.8 Å². The number of hydrogen-bond donors (Lipinski definition) is 1. The lowest BCUT2D eigenvalue weighted by molar-refractivity contribution is 0.0697. The van der Waals surface area contributed by atoms with Gasteiger partial charge in [-0.2, -0.15) is 0 Å². The molecule has 0 fully saturated rings. The lowest BCUT2D eigenvalue weighted by Crippen LogP contribution is -1.98. The van der Waals surface area contributed by atoms with E-state index in [9.17, 15) is 9.90 Å². The first-order valence-corrected chi connectivity index (χ1v) is 6.33. The molecule has 1 aromatic heterocycles. The highest BCUT2D eigenvalue weighted by molar-refractivity contribution is 6.31. The van der Waals surface area contributed by atoms with Crippen LogP contribution in [-0.4, -0.2) is 16.1 Å². The van der Waals surface area contributed by atoms with Gasteiger partial charge in [0.15, 0.2) is 5.58 Å². The molecule has 0 radical (unpaired) electrons. The lowest BCUT2D eigenvalue weighted by atomic mass is 10.1. The molecule has 0 saturated heterocycles. The van der Waals surface area contributed by atoms with Crippen molar-refractivity contribution in [2.24, 2.45) is 0 Å². The molecule has 0 bridgehead atoms. The number of carbonyl (C=O) groups is 1. The molecular formula is C15H10ClNO3. The van der Waals surface area contributed by atoms with Gasteiger partial charge >= 0.3 is 5.97 Å². The lowest BCUT2D eigenvalue weighted by Gasteiger charge is -2.00. The summed E-state index contributed by atoms with van der Waals surface area (Å²) in [5.41, 5.74) is 2.70. The quantitative estimate of drug-likeness (QED) is 0.769. The van der Waals surface area contributed by atoms with E-state index in [0.29, 0.717) is 21.7 Å². The zero-order valence-electron chi connectivity index (χ0n) is 10.6. The Balaban J connectivity index is 2.26. The molecule has 5 heteroatoms. The predicted molar refractivity (Wildman–Crippen MR) is 76.2 cm³/mol. The summed E-state index contributed by atoms with van der Waals surface area (Å²) in [4.78, 5) is 15.6. The van der Waals surface area contributed by atoms with E-state index in [1.165, 1.54) is 6.07 Å². The zero-order valence-corrected chi connectivity index (χ0v) is 11.3. The standard InChI is InChI=1S/C15H10ClNO3/c1-8-6-9(16)7-12-13(8)20-14(17-12)10-4-2-3-5-11(10)15(18)19/h2-7H,1H3,(H,18,19). The zero-order chi connectivity index (χ0) is 14.3. The summed E-state index contributed by atoms with van der Waals surface area (Å²) in [7, 11) is 0. The number of aromatic nitrogens is 1. The molecule has 0 saturated carbocycles. The minimum atomic E-state index is -1.02. The van der Waals surface area contributed by atoms with Crippen LogP contribution in [0.1, 0.15) is 15.9 Å². The first-order valence-electron chi connectivity index (χ1n) is 5.95. The van der Waals surface area contributed by atoms with E-state index in [1.807, 2.05) is 6.92 Å². The summed E-state index contributed by atoms with van der Waals surface area (Å²) in [6.07, 6.45) is 0. The molecule has 0 aliphatic heterocycles. The fourth-order valence-electron chi connectivity index (χ4n) is 2.13. The van der Waals surface area contributed by atoms with Crippen LogP contribution in [0.25, 0.3) is 22.6 Å². The number of rotatable bonds is 2. The van der Waals surface area contributed by atoms with Crippen molar-refractivity contribution in [1.82, 2.24) is 4.98 Å². The molecule has 0 unspecified atom stereocenters. The number of fused-ring (bicyclic) bond motifs is 1. The number of aryl methyl sites for hydroxylation is 1. The van der Waals surface area contributed by atoms with Gasteiger partial charge in [0.25, 0.3) is 0 Å². The molecule has 3 rings (SSSR count). The minimum Gasteiger partial charge on any atom is -0.478 e. The van der Waals surface area contributed by atoms with Crippen molar-refractivity contribution in [3.05, 3.63) is 52.5 Å². The van der Waals surface area contributed by atoms with Crippen LogP contribution in [0.15, 0.2) is 40.8 Å². The van der Waals surface area contributed by atoms with Gasteiger partial charge in [-0.1, -0.05) is 23.7 Å². The third-order valence-corrected chi connectivity index (χ3v) is 3.25. The summed E-state index contributed by atoms with van der Waals surface area (Å²) in [5.74, 6) is -0.735. The van der Waals surface area contributed by atoms with E-state index < -0.39 is 5.97 Å². The molecule has 4 nitrogen and oxygen atoms in total. The number of aromatic carboxylic acids is 1. The number of halogens is 1. The Labute approximate surface area is 119 Å². The van der Waals surface area contributed by atoms with Crippen molar-refractivity contribution in [3.63, 3.8) is 0 Å². The van der Waals surface area contributed by atoms with Crippen molar-refractivity contribution < 1.29 is 14.3 Å². The fraction of sp³-hybridized carbons (Fsp3) is 0.0667. The fourth-order valence-corrected chi connectivity index (χ4v) is 2.40. The number of hydrogen-bond acceptors (Lipinski definition) is 3. The second-order valence-corrected chi connectivity index (χ2v) is 4.88. The smallest absolute Gasteiger partial charge is 0.336 e. The Morgan fingerprint density at radius 3 is 2.80 bits per heavy atom. The van der Waals surface area contributed by atoms with E-state index in [-0.39, 0.29) is 11.5 Å². The van der Waals surface area contributed by atoms with Crippen molar-refractivity contribution in [3.8, 4) is 11.5 Å². The van der Waals surface area contributed by atoms with Crippen molar-refractivity contribution in [2.75, 3.05) is 0 Å². The van der Waals surface area contributed by atoms with Crippen LogP contribution in [0.3, 0.4) is 0 Å². The van der Waals surface area contributed by atoms with Crippen LogP contribution < -0.4 is 0 Å². The second-order valence-electron chi connectivity index (χ2n) is 4.44. The number of benzene rings is 2. The van der Waals surface area contributed by atoms with Gasteiger partial charge in [0.1, 0.15) is 5.52 Å². The monoisotopic (exact) mass is 287 g/mol. The minimum absolute atomic E-state index is 0.155. The van der Waals surface area contributed by atoms with Crippen molar-refractivity contribution in [1.29, 1.82) is 0 Å². The van der Waals surface area contributed by atoms with Crippen LogP contribution in [-0.2, 0) is 0 Å². The molecular weight excluding hydrogens is 278 g/mol. The number of carboxylic acids is 1. The maximum Gasteiger partial charge on any atom is 0.336 e. The average Bonchev–Trinajstić information content (AvgIpc) is 2.82. The number of carboxylic acid groups (broad SMARTS) is 1. The summed E-state index contributed by atoms with van der Waals surface area (Å²) in [6, 6.07) is 10.1. The van der Waals surface area contributed by atoms with Crippen LogP contribution in [0.5, 0.6) is 0 Å². The van der Waals surface area contributed by atoms with E-state index in [4.69, 9.17) is 16.0 Å². The maximum atomic E-state index is 11.2. The molecule has 100 valence electrons. The summed E-state index contributed by atoms with van der Waals surface area (Å²) < 4.78 is 5.70. The Bertz CT molecular complexity index is 823. The van der Waals surface area contributed by atoms with Gasteiger partial charge in [0, 0.05) is 5.02 Å². The third kappa shape index (κ3) is 2.04. The summed E-state index contributed by atoms with van der Waals surface area (Å²) in [6.45, 7) is 1.87. The molecule has 0 amide bonds. The average molecular weight is 288 g/mol. The van der Waals surface area contributed by atoms with Crippen molar-refractivity contribution in [2.45, 2.75) is 6.92 Å². The van der Waals surface area contributed by atoms with E-state index in [1.54, 1.807) is 30.3 Å². The molecule has 1 N–H and O–H groups in total. The topological polar surface area (TPSA) is 63.3 Å². The molecule has 1 heterocycles. The molecule has 3 aromatic rings. The Kier molecular flexibility index (Phi) is 2.95. The van der Waals surface area contributed by atoms with Crippen LogP contribution >= 0.6 is 11.6 Å². The summed E-state index contributed by atoms with van der Waals surface area (Å²) >= 11 is 5.99. The van der Waals surface area contributed by atoms with Gasteiger partial charge in [0.2, 0.25) is 5.89 Å². The highest BCUT2D eigenvalue weighted by atomic mass is 35.5. The molecule has 0 aliphatic rings. The number of nitrogens with zero attached hydrogens (tertiary/aromatic N) is 1. The van der Waals surface area contributed by atoms with E-state index in [0.717, 1.165) is 5.56 Å². The van der Waals surface area contributed by atoms with E-state index >= 15 is 0 Å². The SMILES string of the molecule is Cc1cc(Cl)cc2nc(-c3ccccc3C(=O)O)oc12. The Morgan fingerprint density at radius 1 is 1.30 bits per heavy atom. The van der Waals surface area contributed by atoms with Crippen molar-refractivity contribution >= 4 is 28.7 Å². The molecule has 0 spiro atoms. The van der Waals surface area contributed by atoms with Gasteiger partial charge in [-0.25, -0.2) is 9.78 Å².